The Morgan fingerprint density at radius 2 is 2.17 bits per heavy atom. The summed E-state index contributed by atoms with van der Waals surface area (Å²) in [4.78, 5) is 22.2. The zero-order valence-corrected chi connectivity index (χ0v) is 10.3. The topological polar surface area (TPSA) is 64.6 Å². The monoisotopic (exact) mass is 249 g/mol. The van der Waals surface area contributed by atoms with E-state index in [1.54, 1.807) is 24.3 Å². The molecule has 0 radical (unpaired) electrons. The summed E-state index contributed by atoms with van der Waals surface area (Å²) in [6.07, 6.45) is 0.472. The molecule has 0 bridgehead atoms. The van der Waals surface area contributed by atoms with Gasteiger partial charge in [0.1, 0.15) is 5.75 Å². The molecule has 0 aliphatic heterocycles. The second-order valence-corrected chi connectivity index (χ2v) is 3.51. The summed E-state index contributed by atoms with van der Waals surface area (Å²) in [5.74, 6) is -0.271. The van der Waals surface area contributed by atoms with Gasteiger partial charge in [0.25, 0.3) is 0 Å². The van der Waals surface area contributed by atoms with Crippen molar-refractivity contribution in [3.05, 3.63) is 36.9 Å². The van der Waals surface area contributed by atoms with E-state index < -0.39 is 12.1 Å². The van der Waals surface area contributed by atoms with Gasteiger partial charge >= 0.3 is 5.97 Å². The van der Waals surface area contributed by atoms with Crippen LogP contribution in [0.25, 0.3) is 0 Å². The van der Waals surface area contributed by atoms with Gasteiger partial charge in [-0.2, -0.15) is 0 Å². The number of anilines is 1. The first kappa shape index (κ1) is 13.8. The Hall–Kier alpha value is -2.30. The summed E-state index contributed by atoms with van der Waals surface area (Å²) in [7, 11) is 1.27. The molecule has 18 heavy (non-hydrogen) atoms. The van der Waals surface area contributed by atoms with Crippen LogP contribution in [0.2, 0.25) is 0 Å². The number of ether oxygens (including phenoxy) is 2. The molecule has 0 saturated carbocycles. The fourth-order valence-electron chi connectivity index (χ4n) is 1.31. The summed E-state index contributed by atoms with van der Waals surface area (Å²) < 4.78 is 9.96. The van der Waals surface area contributed by atoms with Crippen molar-refractivity contribution >= 4 is 17.6 Å². The molecule has 1 aromatic carbocycles. The van der Waals surface area contributed by atoms with Crippen molar-refractivity contribution in [2.24, 2.45) is 0 Å². The largest absolute Gasteiger partial charge is 0.475 e. The standard InChI is InChI=1S/C13H15NO4/c1-4-12(13(16)17-3)18-11-7-5-6-10(8-11)14-9(2)15/h4-8,12H,1H2,2-3H3,(H,14,15). The Morgan fingerprint density at radius 1 is 1.44 bits per heavy atom. The van der Waals surface area contributed by atoms with E-state index in [0.29, 0.717) is 11.4 Å². The molecule has 5 nitrogen and oxygen atoms in total. The maximum absolute atomic E-state index is 11.3. The quantitative estimate of drug-likeness (QED) is 0.637. The SMILES string of the molecule is C=CC(Oc1cccc(NC(C)=O)c1)C(=O)OC. The number of esters is 1. The summed E-state index contributed by atoms with van der Waals surface area (Å²) in [6, 6.07) is 6.71. The molecular formula is C13H15NO4. The number of hydrogen-bond acceptors (Lipinski definition) is 4. The van der Waals surface area contributed by atoms with Crippen LogP contribution in [0.5, 0.6) is 5.75 Å². The third-order valence-corrected chi connectivity index (χ3v) is 2.07. The van der Waals surface area contributed by atoms with E-state index in [-0.39, 0.29) is 5.91 Å². The number of methoxy groups -OCH3 is 1. The second-order valence-electron chi connectivity index (χ2n) is 3.51. The van der Waals surface area contributed by atoms with Crippen molar-refractivity contribution in [3.8, 4) is 5.75 Å². The molecule has 0 aliphatic rings. The molecule has 96 valence electrons. The minimum Gasteiger partial charge on any atom is -0.475 e. The highest BCUT2D eigenvalue weighted by atomic mass is 16.6. The minimum atomic E-state index is -0.873. The second kappa shape index (κ2) is 6.44. The van der Waals surface area contributed by atoms with Crippen LogP contribution in [-0.2, 0) is 14.3 Å². The van der Waals surface area contributed by atoms with Gasteiger partial charge in [-0.25, -0.2) is 4.79 Å². The molecule has 1 unspecified atom stereocenters. The zero-order chi connectivity index (χ0) is 13.5. The Balaban J connectivity index is 2.80. The van der Waals surface area contributed by atoms with E-state index in [1.807, 2.05) is 0 Å². The van der Waals surface area contributed by atoms with Crippen molar-refractivity contribution in [1.29, 1.82) is 0 Å². The highest BCUT2D eigenvalue weighted by Gasteiger charge is 2.17. The fourth-order valence-corrected chi connectivity index (χ4v) is 1.31. The van der Waals surface area contributed by atoms with Gasteiger partial charge in [0.2, 0.25) is 12.0 Å². The summed E-state index contributed by atoms with van der Waals surface area (Å²) in [5.41, 5.74) is 0.590. The lowest BCUT2D eigenvalue weighted by Gasteiger charge is -2.13. The lowest BCUT2D eigenvalue weighted by molar-refractivity contribution is -0.146. The maximum Gasteiger partial charge on any atom is 0.351 e. The number of carbonyl (C=O) groups is 2. The van der Waals surface area contributed by atoms with Crippen LogP contribution in [0.4, 0.5) is 5.69 Å². The summed E-state index contributed by atoms with van der Waals surface area (Å²) in [6.45, 7) is 4.91. The van der Waals surface area contributed by atoms with E-state index in [9.17, 15) is 9.59 Å². The van der Waals surface area contributed by atoms with Gasteiger partial charge in [0, 0.05) is 18.7 Å². The van der Waals surface area contributed by atoms with Gasteiger partial charge in [0.05, 0.1) is 7.11 Å². The molecule has 1 atom stereocenters. The smallest absolute Gasteiger partial charge is 0.351 e. The van der Waals surface area contributed by atoms with E-state index in [0.717, 1.165) is 0 Å². The van der Waals surface area contributed by atoms with Crippen molar-refractivity contribution in [3.63, 3.8) is 0 Å². The summed E-state index contributed by atoms with van der Waals surface area (Å²) >= 11 is 0. The van der Waals surface area contributed by atoms with Gasteiger partial charge in [-0.1, -0.05) is 12.6 Å². The third-order valence-electron chi connectivity index (χ3n) is 2.07. The number of nitrogens with one attached hydrogen (secondary N) is 1. The minimum absolute atomic E-state index is 0.180. The maximum atomic E-state index is 11.3. The third kappa shape index (κ3) is 3.93. The van der Waals surface area contributed by atoms with Crippen LogP contribution >= 0.6 is 0 Å². The van der Waals surface area contributed by atoms with Gasteiger partial charge in [-0.3, -0.25) is 4.79 Å². The predicted molar refractivity (Wildman–Crippen MR) is 67.4 cm³/mol. The van der Waals surface area contributed by atoms with Crippen molar-refractivity contribution in [1.82, 2.24) is 0 Å². The fraction of sp³-hybridized carbons (Fsp3) is 0.231. The van der Waals surface area contributed by atoms with Crippen LogP contribution in [0.3, 0.4) is 0 Å². The van der Waals surface area contributed by atoms with Crippen molar-refractivity contribution in [2.75, 3.05) is 12.4 Å². The van der Waals surface area contributed by atoms with Crippen LogP contribution < -0.4 is 10.1 Å². The van der Waals surface area contributed by atoms with Crippen LogP contribution in [0, 0.1) is 0 Å². The van der Waals surface area contributed by atoms with Crippen molar-refractivity contribution < 1.29 is 19.1 Å². The number of amides is 1. The Bertz CT molecular complexity index is 456. The van der Waals surface area contributed by atoms with Gasteiger partial charge in [-0.15, -0.1) is 0 Å². The highest BCUT2D eigenvalue weighted by molar-refractivity contribution is 5.88. The molecule has 0 fully saturated rings. The first-order valence-corrected chi connectivity index (χ1v) is 5.31. The number of benzene rings is 1. The molecule has 0 saturated heterocycles. The number of hydrogen-bond donors (Lipinski definition) is 1. The average molecular weight is 249 g/mol. The normalized spacial score (nSPS) is 11.2. The van der Waals surface area contributed by atoms with Gasteiger partial charge in [-0.05, 0) is 18.2 Å². The van der Waals surface area contributed by atoms with E-state index in [2.05, 4.69) is 16.6 Å². The van der Waals surface area contributed by atoms with Crippen molar-refractivity contribution in [2.45, 2.75) is 13.0 Å². The highest BCUT2D eigenvalue weighted by Crippen LogP contribution is 2.19. The lowest BCUT2D eigenvalue weighted by Crippen LogP contribution is -2.26. The van der Waals surface area contributed by atoms with Crippen LogP contribution in [0.15, 0.2) is 36.9 Å². The lowest BCUT2D eigenvalue weighted by atomic mass is 10.3. The van der Waals surface area contributed by atoms with Gasteiger partial charge < -0.3 is 14.8 Å². The van der Waals surface area contributed by atoms with Gasteiger partial charge in [0.15, 0.2) is 0 Å². The number of rotatable bonds is 5. The molecule has 1 rings (SSSR count). The first-order valence-electron chi connectivity index (χ1n) is 5.31. The molecule has 0 spiro atoms. The Kier molecular flexibility index (Phi) is 4.92. The van der Waals surface area contributed by atoms with Crippen LogP contribution in [0.1, 0.15) is 6.92 Å². The predicted octanol–water partition coefficient (Wildman–Crippen LogP) is 1.75. The molecule has 5 heteroatoms. The van der Waals surface area contributed by atoms with E-state index in [1.165, 1.54) is 20.1 Å². The van der Waals surface area contributed by atoms with E-state index in [4.69, 9.17) is 4.74 Å². The Labute approximate surface area is 105 Å². The zero-order valence-electron chi connectivity index (χ0n) is 10.3. The number of carbonyl (C=O) groups excluding carboxylic acids is 2. The molecular weight excluding hydrogens is 234 g/mol. The molecule has 0 aromatic heterocycles. The summed E-state index contributed by atoms with van der Waals surface area (Å²) in [5, 5.41) is 2.62. The molecule has 1 N–H and O–H groups in total. The average Bonchev–Trinajstić information content (AvgIpc) is 2.34. The molecule has 0 aliphatic carbocycles. The van der Waals surface area contributed by atoms with Crippen LogP contribution in [-0.4, -0.2) is 25.1 Å². The van der Waals surface area contributed by atoms with E-state index >= 15 is 0 Å². The molecule has 1 aromatic rings. The Morgan fingerprint density at radius 3 is 2.72 bits per heavy atom. The first-order chi connectivity index (χ1) is 8.56. The molecule has 0 heterocycles. The molecule has 1 amide bonds.